The summed E-state index contributed by atoms with van der Waals surface area (Å²) in [5.41, 5.74) is 0.295. The highest BCUT2D eigenvalue weighted by molar-refractivity contribution is 7.89. The Hall–Kier alpha value is -1.15. The number of nitrogens with one attached hydrogen (secondary N) is 1. The fraction of sp³-hybridized carbons (Fsp3) is 0.611. The lowest BCUT2D eigenvalue weighted by Gasteiger charge is -2.26. The van der Waals surface area contributed by atoms with Crippen molar-refractivity contribution in [3.63, 3.8) is 0 Å². The van der Waals surface area contributed by atoms with Crippen LogP contribution in [0.1, 0.15) is 49.9 Å². The van der Waals surface area contributed by atoms with Crippen LogP contribution < -0.4 is 5.32 Å². The van der Waals surface area contributed by atoms with Gasteiger partial charge >= 0.3 is 0 Å². The zero-order chi connectivity index (χ0) is 19.2. The summed E-state index contributed by atoms with van der Waals surface area (Å²) >= 11 is 6.13. The lowest BCUT2D eigenvalue weighted by Crippen LogP contribution is -2.40. The first kappa shape index (κ1) is 21.2. The van der Waals surface area contributed by atoms with Crippen molar-refractivity contribution < 1.29 is 17.9 Å². The van der Waals surface area contributed by atoms with Gasteiger partial charge in [-0.2, -0.15) is 4.31 Å². The summed E-state index contributed by atoms with van der Waals surface area (Å²) in [7, 11) is -3.75. The lowest BCUT2D eigenvalue weighted by atomic mass is 10.1. The molecule has 8 heteroatoms. The van der Waals surface area contributed by atoms with Crippen LogP contribution in [-0.4, -0.2) is 51.0 Å². The molecule has 1 atom stereocenters. The monoisotopic (exact) mass is 402 g/mol. The Bertz CT molecular complexity index is 718. The van der Waals surface area contributed by atoms with Crippen LogP contribution in [0.4, 0.5) is 0 Å². The van der Waals surface area contributed by atoms with Gasteiger partial charge in [0, 0.05) is 24.7 Å². The smallest absolute Gasteiger partial charge is 0.251 e. The van der Waals surface area contributed by atoms with E-state index in [1.54, 1.807) is 6.07 Å². The minimum Gasteiger partial charge on any atom is -0.379 e. The molecule has 146 valence electrons. The average molecular weight is 403 g/mol. The Balaban J connectivity index is 2.14. The molecule has 0 aliphatic carbocycles. The molecule has 0 saturated carbocycles. The van der Waals surface area contributed by atoms with Gasteiger partial charge in [-0.25, -0.2) is 8.42 Å². The fourth-order valence-electron chi connectivity index (χ4n) is 2.85. The molecule has 0 bridgehead atoms. The molecule has 0 aromatic heterocycles. The van der Waals surface area contributed by atoms with Gasteiger partial charge in [-0.3, -0.25) is 4.79 Å². The molecule has 26 heavy (non-hydrogen) atoms. The number of amides is 1. The van der Waals surface area contributed by atoms with E-state index in [0.717, 1.165) is 25.7 Å². The van der Waals surface area contributed by atoms with E-state index in [-0.39, 0.29) is 35.0 Å². The van der Waals surface area contributed by atoms with Crippen molar-refractivity contribution in [3.05, 3.63) is 28.8 Å². The van der Waals surface area contributed by atoms with E-state index in [9.17, 15) is 13.2 Å². The summed E-state index contributed by atoms with van der Waals surface area (Å²) < 4.78 is 32.2. The van der Waals surface area contributed by atoms with E-state index in [4.69, 9.17) is 16.3 Å². The van der Waals surface area contributed by atoms with E-state index in [1.807, 2.05) is 6.92 Å². The van der Waals surface area contributed by atoms with Crippen LogP contribution in [0.3, 0.4) is 0 Å². The minimum atomic E-state index is -3.75. The topological polar surface area (TPSA) is 75.7 Å². The highest BCUT2D eigenvalue weighted by atomic mass is 35.5. The first-order valence-corrected chi connectivity index (χ1v) is 10.9. The number of unbranched alkanes of at least 4 members (excludes halogenated alkanes) is 2. The number of halogens is 1. The molecule has 1 saturated heterocycles. The van der Waals surface area contributed by atoms with Gasteiger partial charge in [0.05, 0.1) is 18.2 Å². The van der Waals surface area contributed by atoms with Crippen LogP contribution in [-0.2, 0) is 14.8 Å². The molecular formula is C18H27ClN2O4S. The zero-order valence-electron chi connectivity index (χ0n) is 15.3. The predicted octanol–water partition coefficient (Wildman–Crippen LogP) is 3.06. The second-order valence-electron chi connectivity index (χ2n) is 6.53. The van der Waals surface area contributed by atoms with Gasteiger partial charge in [0.15, 0.2) is 0 Å². The quantitative estimate of drug-likeness (QED) is 0.678. The Morgan fingerprint density at radius 1 is 1.31 bits per heavy atom. The van der Waals surface area contributed by atoms with Crippen molar-refractivity contribution in [1.82, 2.24) is 9.62 Å². The number of sulfonamides is 1. The number of carbonyl (C=O) groups is 1. The Morgan fingerprint density at radius 2 is 2.00 bits per heavy atom. The van der Waals surface area contributed by atoms with Crippen molar-refractivity contribution in [2.45, 2.75) is 50.5 Å². The molecule has 0 unspecified atom stereocenters. The van der Waals surface area contributed by atoms with Gasteiger partial charge in [-0.15, -0.1) is 0 Å². The van der Waals surface area contributed by atoms with Gasteiger partial charge in [-0.1, -0.05) is 37.8 Å². The molecular weight excluding hydrogens is 376 g/mol. The largest absolute Gasteiger partial charge is 0.379 e. The summed E-state index contributed by atoms with van der Waals surface area (Å²) in [5, 5.41) is 3.04. The Morgan fingerprint density at radius 3 is 2.65 bits per heavy atom. The van der Waals surface area contributed by atoms with E-state index < -0.39 is 10.0 Å². The van der Waals surface area contributed by atoms with Crippen molar-refractivity contribution >= 4 is 27.5 Å². The van der Waals surface area contributed by atoms with Gasteiger partial charge in [0.2, 0.25) is 10.0 Å². The molecule has 1 fully saturated rings. The van der Waals surface area contributed by atoms with Crippen molar-refractivity contribution in [2.75, 3.05) is 26.3 Å². The van der Waals surface area contributed by atoms with E-state index in [2.05, 4.69) is 12.2 Å². The maximum atomic E-state index is 12.8. The third kappa shape index (κ3) is 5.42. The number of benzene rings is 1. The number of morpholine rings is 1. The summed E-state index contributed by atoms with van der Waals surface area (Å²) in [6.07, 6.45) is 4.20. The van der Waals surface area contributed by atoms with Gasteiger partial charge < -0.3 is 10.1 Å². The summed E-state index contributed by atoms with van der Waals surface area (Å²) in [4.78, 5) is 12.4. The number of ether oxygens (including phenoxy) is 1. The zero-order valence-corrected chi connectivity index (χ0v) is 16.9. The molecule has 0 spiro atoms. The Labute approximate surface area is 160 Å². The molecule has 6 nitrogen and oxygen atoms in total. The first-order valence-electron chi connectivity index (χ1n) is 9.04. The maximum absolute atomic E-state index is 12.8. The van der Waals surface area contributed by atoms with E-state index in [1.165, 1.54) is 16.4 Å². The molecule has 1 aliphatic heterocycles. The lowest BCUT2D eigenvalue weighted by molar-refractivity contribution is 0.0730. The number of rotatable bonds is 8. The Kier molecular flexibility index (Phi) is 7.88. The van der Waals surface area contributed by atoms with Gasteiger partial charge in [-0.05, 0) is 31.5 Å². The van der Waals surface area contributed by atoms with Crippen molar-refractivity contribution in [1.29, 1.82) is 0 Å². The molecule has 2 rings (SSSR count). The fourth-order valence-corrected chi connectivity index (χ4v) is 4.76. The number of carbonyl (C=O) groups excluding carboxylic acids is 1. The molecule has 1 N–H and O–H groups in total. The van der Waals surface area contributed by atoms with Crippen LogP contribution >= 0.6 is 11.6 Å². The number of hydrogen-bond donors (Lipinski definition) is 1. The SMILES string of the molecule is CCCCC[C@@H](C)NC(=O)c1ccc(Cl)c(S(=O)(=O)N2CCOCC2)c1. The van der Waals surface area contributed by atoms with Gasteiger partial charge in [0.25, 0.3) is 5.91 Å². The van der Waals surface area contributed by atoms with Crippen LogP contribution in [0, 0.1) is 0 Å². The molecule has 1 amide bonds. The average Bonchev–Trinajstić information content (AvgIpc) is 2.62. The standard InChI is InChI=1S/C18H27ClN2O4S/c1-3-4-5-6-14(2)20-18(22)15-7-8-16(19)17(13-15)26(23,24)21-9-11-25-12-10-21/h7-8,13-14H,3-6,9-12H2,1-2H3,(H,20,22)/t14-/m1/s1. The third-order valence-corrected chi connectivity index (χ3v) is 6.78. The summed E-state index contributed by atoms with van der Waals surface area (Å²) in [5.74, 6) is -0.288. The van der Waals surface area contributed by atoms with Crippen molar-refractivity contribution in [3.8, 4) is 0 Å². The summed E-state index contributed by atoms with van der Waals surface area (Å²) in [6.45, 7) is 5.36. The van der Waals surface area contributed by atoms with Crippen molar-refractivity contribution in [2.24, 2.45) is 0 Å². The van der Waals surface area contributed by atoms with E-state index >= 15 is 0 Å². The molecule has 1 aromatic carbocycles. The number of hydrogen-bond acceptors (Lipinski definition) is 4. The summed E-state index contributed by atoms with van der Waals surface area (Å²) in [6, 6.07) is 4.41. The highest BCUT2D eigenvalue weighted by Gasteiger charge is 2.29. The first-order chi connectivity index (χ1) is 12.4. The van der Waals surface area contributed by atoms with Crippen LogP contribution in [0.15, 0.2) is 23.1 Å². The van der Waals surface area contributed by atoms with Crippen LogP contribution in [0.25, 0.3) is 0 Å². The third-order valence-electron chi connectivity index (χ3n) is 4.40. The second-order valence-corrected chi connectivity index (χ2v) is 8.85. The van der Waals surface area contributed by atoms with Gasteiger partial charge in [0.1, 0.15) is 4.90 Å². The molecule has 0 radical (unpaired) electrons. The normalized spacial score (nSPS) is 17.0. The predicted molar refractivity (Wildman–Crippen MR) is 102 cm³/mol. The molecule has 1 aromatic rings. The van der Waals surface area contributed by atoms with Crippen LogP contribution in [0.2, 0.25) is 5.02 Å². The highest BCUT2D eigenvalue weighted by Crippen LogP contribution is 2.26. The maximum Gasteiger partial charge on any atom is 0.251 e. The second kappa shape index (κ2) is 9.69. The van der Waals surface area contributed by atoms with E-state index in [0.29, 0.717) is 18.8 Å². The minimum absolute atomic E-state index is 0.0315. The molecule has 1 aliphatic rings. The number of nitrogens with zero attached hydrogens (tertiary/aromatic N) is 1. The molecule has 1 heterocycles. The van der Waals surface area contributed by atoms with Crippen LogP contribution in [0.5, 0.6) is 0 Å².